The number of benzene rings is 2. The summed E-state index contributed by atoms with van der Waals surface area (Å²) in [5, 5.41) is 7.39. The van der Waals surface area contributed by atoms with E-state index in [0.717, 1.165) is 42.4 Å². The highest BCUT2D eigenvalue weighted by atomic mass is 32.1. The molecule has 1 aromatic heterocycles. The van der Waals surface area contributed by atoms with Crippen LogP contribution in [-0.4, -0.2) is 42.0 Å². The Bertz CT molecular complexity index is 867. The fraction of sp³-hybridized carbons (Fsp3) is 0.300. The van der Waals surface area contributed by atoms with Crippen LogP contribution in [0.2, 0.25) is 0 Å². The Labute approximate surface area is 157 Å². The van der Waals surface area contributed by atoms with Crippen molar-refractivity contribution in [3.63, 3.8) is 0 Å². The molecule has 5 nitrogen and oxygen atoms in total. The van der Waals surface area contributed by atoms with Crippen LogP contribution in [0.1, 0.15) is 23.5 Å². The molecule has 1 saturated heterocycles. The number of carbonyl (C=O) groups is 1. The molecule has 1 aliphatic rings. The van der Waals surface area contributed by atoms with Crippen LogP contribution in [-0.2, 0) is 4.79 Å². The van der Waals surface area contributed by atoms with Gasteiger partial charge in [-0.3, -0.25) is 9.69 Å². The van der Waals surface area contributed by atoms with E-state index in [4.69, 9.17) is 4.98 Å². The lowest BCUT2D eigenvalue weighted by atomic mass is 10.0. The summed E-state index contributed by atoms with van der Waals surface area (Å²) in [7, 11) is 0. The molecule has 26 heavy (non-hydrogen) atoms. The number of para-hydroxylation sites is 1. The van der Waals surface area contributed by atoms with Crippen molar-refractivity contribution in [3.05, 3.63) is 59.1 Å². The number of rotatable bonds is 4. The number of carbonyl (C=O) groups excluding carboxylic acids is 1. The average molecular weight is 366 g/mol. The summed E-state index contributed by atoms with van der Waals surface area (Å²) < 4.78 is 1.22. The molecular weight excluding hydrogens is 344 g/mol. The minimum Gasteiger partial charge on any atom is -0.326 e. The molecule has 0 radical (unpaired) electrons. The molecule has 1 fully saturated rings. The van der Waals surface area contributed by atoms with Crippen LogP contribution in [0.5, 0.6) is 0 Å². The number of anilines is 1. The molecular formula is C20H22N4OS. The van der Waals surface area contributed by atoms with Gasteiger partial charge in [0.1, 0.15) is 5.01 Å². The van der Waals surface area contributed by atoms with Crippen molar-refractivity contribution in [3.8, 4) is 0 Å². The van der Waals surface area contributed by atoms with Crippen molar-refractivity contribution in [1.82, 2.24) is 15.2 Å². The number of aromatic nitrogens is 1. The summed E-state index contributed by atoms with van der Waals surface area (Å²) in [4.78, 5) is 18.7. The molecule has 0 aliphatic carbocycles. The molecule has 4 rings (SSSR count). The van der Waals surface area contributed by atoms with Gasteiger partial charge in [0.15, 0.2) is 0 Å². The number of nitrogens with one attached hydrogen (secondary N) is 2. The molecule has 1 unspecified atom stereocenters. The molecule has 0 spiro atoms. The minimum atomic E-state index is -0.0532. The third kappa shape index (κ3) is 3.62. The molecule has 1 amide bonds. The highest BCUT2D eigenvalue weighted by Gasteiger charge is 2.26. The Morgan fingerprint density at radius 1 is 1.15 bits per heavy atom. The van der Waals surface area contributed by atoms with Gasteiger partial charge in [-0.05, 0) is 29.8 Å². The minimum absolute atomic E-state index is 0.0532. The first-order valence-corrected chi connectivity index (χ1v) is 9.70. The van der Waals surface area contributed by atoms with E-state index < -0.39 is 0 Å². The molecule has 2 heterocycles. The number of piperazine rings is 1. The van der Waals surface area contributed by atoms with Crippen LogP contribution in [0.4, 0.5) is 5.69 Å². The van der Waals surface area contributed by atoms with E-state index in [1.54, 1.807) is 11.3 Å². The molecule has 3 aromatic rings. The molecule has 1 aliphatic heterocycles. The molecule has 1 atom stereocenters. The number of nitrogens with zero attached hydrogens (tertiary/aromatic N) is 2. The largest absolute Gasteiger partial charge is 0.326 e. The second kappa shape index (κ2) is 7.53. The van der Waals surface area contributed by atoms with Crippen molar-refractivity contribution in [2.24, 2.45) is 0 Å². The smallest absolute Gasteiger partial charge is 0.221 e. The lowest BCUT2D eigenvalue weighted by Gasteiger charge is -2.34. The molecule has 0 saturated carbocycles. The molecule has 6 heteroatoms. The zero-order valence-electron chi connectivity index (χ0n) is 14.7. The highest BCUT2D eigenvalue weighted by Crippen LogP contribution is 2.34. The average Bonchev–Trinajstić information content (AvgIpc) is 3.07. The van der Waals surface area contributed by atoms with Crippen molar-refractivity contribution in [1.29, 1.82) is 0 Å². The van der Waals surface area contributed by atoms with Crippen LogP contribution < -0.4 is 10.6 Å². The van der Waals surface area contributed by atoms with Gasteiger partial charge in [-0.1, -0.05) is 24.3 Å². The standard InChI is InChI=1S/C20H22N4OS/c1-14(25)22-16-8-6-15(7-9-16)19(24-12-10-21-11-13-24)20-23-17-4-2-3-5-18(17)26-20/h2-9,19,21H,10-13H2,1H3,(H,22,25). The fourth-order valence-electron chi connectivity index (χ4n) is 3.41. The van der Waals surface area contributed by atoms with E-state index in [1.807, 2.05) is 18.2 Å². The third-order valence-corrected chi connectivity index (χ3v) is 5.70. The van der Waals surface area contributed by atoms with Crippen molar-refractivity contribution in [2.45, 2.75) is 13.0 Å². The predicted molar refractivity (Wildman–Crippen MR) is 107 cm³/mol. The van der Waals surface area contributed by atoms with Gasteiger partial charge in [-0.2, -0.15) is 0 Å². The van der Waals surface area contributed by atoms with Gasteiger partial charge in [-0.25, -0.2) is 4.98 Å². The van der Waals surface area contributed by atoms with Crippen LogP contribution in [0, 0.1) is 0 Å². The maximum atomic E-state index is 11.3. The van der Waals surface area contributed by atoms with E-state index in [-0.39, 0.29) is 11.9 Å². The number of hydrogen-bond donors (Lipinski definition) is 2. The Kier molecular flexibility index (Phi) is 4.97. The first-order chi connectivity index (χ1) is 12.7. The Morgan fingerprint density at radius 2 is 1.88 bits per heavy atom. The van der Waals surface area contributed by atoms with Gasteiger partial charge in [0.25, 0.3) is 0 Å². The van der Waals surface area contributed by atoms with Gasteiger partial charge < -0.3 is 10.6 Å². The Hall–Kier alpha value is -2.28. The quantitative estimate of drug-likeness (QED) is 0.744. The number of thiazole rings is 1. The van der Waals surface area contributed by atoms with Crippen LogP contribution in [0.15, 0.2) is 48.5 Å². The molecule has 134 valence electrons. The third-order valence-electron chi connectivity index (χ3n) is 4.61. The summed E-state index contributed by atoms with van der Waals surface area (Å²) in [5.41, 5.74) is 3.09. The molecule has 2 N–H and O–H groups in total. The zero-order valence-corrected chi connectivity index (χ0v) is 15.6. The Balaban J connectivity index is 1.71. The van der Waals surface area contributed by atoms with E-state index in [2.05, 4.69) is 45.9 Å². The van der Waals surface area contributed by atoms with E-state index in [9.17, 15) is 4.79 Å². The number of hydrogen-bond acceptors (Lipinski definition) is 5. The maximum Gasteiger partial charge on any atom is 0.221 e. The fourth-order valence-corrected chi connectivity index (χ4v) is 4.54. The van der Waals surface area contributed by atoms with Gasteiger partial charge in [-0.15, -0.1) is 11.3 Å². The van der Waals surface area contributed by atoms with Gasteiger partial charge in [0.2, 0.25) is 5.91 Å². The van der Waals surface area contributed by atoms with E-state index >= 15 is 0 Å². The van der Waals surface area contributed by atoms with Crippen LogP contribution in [0.25, 0.3) is 10.2 Å². The first-order valence-electron chi connectivity index (χ1n) is 8.88. The summed E-state index contributed by atoms with van der Waals surface area (Å²) in [6.07, 6.45) is 0. The number of fused-ring (bicyclic) bond motifs is 1. The van der Waals surface area contributed by atoms with Gasteiger partial charge in [0, 0.05) is 38.8 Å². The molecule has 0 bridgehead atoms. The van der Waals surface area contributed by atoms with Gasteiger partial charge in [0.05, 0.1) is 16.3 Å². The lowest BCUT2D eigenvalue weighted by molar-refractivity contribution is -0.114. The maximum absolute atomic E-state index is 11.3. The van der Waals surface area contributed by atoms with E-state index in [1.165, 1.54) is 17.2 Å². The molecule has 2 aromatic carbocycles. The van der Waals surface area contributed by atoms with Crippen molar-refractivity contribution in [2.75, 3.05) is 31.5 Å². The SMILES string of the molecule is CC(=O)Nc1ccc(C(c2nc3ccccc3s2)N2CCNCC2)cc1. The summed E-state index contributed by atoms with van der Waals surface area (Å²) in [5.74, 6) is -0.0532. The van der Waals surface area contributed by atoms with Crippen molar-refractivity contribution >= 4 is 33.1 Å². The zero-order chi connectivity index (χ0) is 17.9. The number of amides is 1. The lowest BCUT2D eigenvalue weighted by Crippen LogP contribution is -2.45. The highest BCUT2D eigenvalue weighted by molar-refractivity contribution is 7.18. The monoisotopic (exact) mass is 366 g/mol. The first kappa shape index (κ1) is 17.1. The second-order valence-electron chi connectivity index (χ2n) is 6.51. The predicted octanol–water partition coefficient (Wildman–Crippen LogP) is 3.25. The van der Waals surface area contributed by atoms with Crippen LogP contribution in [0.3, 0.4) is 0 Å². The normalized spacial score (nSPS) is 16.5. The van der Waals surface area contributed by atoms with E-state index in [0.29, 0.717) is 0 Å². The Morgan fingerprint density at radius 3 is 2.58 bits per heavy atom. The topological polar surface area (TPSA) is 57.3 Å². The van der Waals surface area contributed by atoms with Crippen molar-refractivity contribution < 1.29 is 4.79 Å². The summed E-state index contributed by atoms with van der Waals surface area (Å²) in [6.45, 7) is 5.50. The summed E-state index contributed by atoms with van der Waals surface area (Å²) in [6, 6.07) is 16.6. The second-order valence-corrected chi connectivity index (χ2v) is 7.57. The summed E-state index contributed by atoms with van der Waals surface area (Å²) >= 11 is 1.77. The van der Waals surface area contributed by atoms with Crippen LogP contribution >= 0.6 is 11.3 Å². The van der Waals surface area contributed by atoms with Gasteiger partial charge >= 0.3 is 0 Å².